The van der Waals surface area contributed by atoms with Gasteiger partial charge in [0.1, 0.15) is 0 Å². The predicted molar refractivity (Wildman–Crippen MR) is 67.6 cm³/mol. The molecule has 0 radical (unpaired) electrons. The lowest BCUT2D eigenvalue weighted by atomic mass is 9.92. The Hall–Kier alpha value is -0.0800. The summed E-state index contributed by atoms with van der Waals surface area (Å²) in [6, 6.07) is 0.697. The lowest BCUT2D eigenvalue weighted by molar-refractivity contribution is 0.147. The molecule has 2 rings (SSSR count). The zero-order chi connectivity index (χ0) is 11.4. The van der Waals surface area contributed by atoms with Gasteiger partial charge < -0.3 is 10.1 Å². The summed E-state index contributed by atoms with van der Waals surface area (Å²) in [5.74, 6) is 1.03. The molecule has 1 unspecified atom stereocenters. The third-order valence-electron chi connectivity index (χ3n) is 4.28. The van der Waals surface area contributed by atoms with E-state index < -0.39 is 0 Å². The van der Waals surface area contributed by atoms with Gasteiger partial charge in [-0.3, -0.25) is 0 Å². The molecule has 0 bridgehead atoms. The lowest BCUT2D eigenvalue weighted by Crippen LogP contribution is -2.48. The summed E-state index contributed by atoms with van der Waals surface area (Å²) >= 11 is 0. The van der Waals surface area contributed by atoms with Crippen LogP contribution in [0.1, 0.15) is 58.3 Å². The van der Waals surface area contributed by atoms with Gasteiger partial charge in [0.25, 0.3) is 0 Å². The first kappa shape index (κ1) is 12.4. The second-order valence-corrected chi connectivity index (χ2v) is 5.95. The first-order chi connectivity index (χ1) is 7.74. The van der Waals surface area contributed by atoms with Crippen LogP contribution < -0.4 is 5.32 Å². The van der Waals surface area contributed by atoms with Crippen molar-refractivity contribution in [3.8, 4) is 0 Å². The molecule has 2 fully saturated rings. The monoisotopic (exact) mass is 225 g/mol. The summed E-state index contributed by atoms with van der Waals surface area (Å²) in [5, 5.41) is 3.92. The molecule has 0 saturated heterocycles. The summed E-state index contributed by atoms with van der Waals surface area (Å²) in [6.45, 7) is 3.27. The minimum absolute atomic E-state index is 0.407. The van der Waals surface area contributed by atoms with E-state index in [1.54, 1.807) is 0 Å². The summed E-state index contributed by atoms with van der Waals surface area (Å²) in [6.07, 6.45) is 11.0. The number of ether oxygens (including phenoxy) is 1. The van der Waals surface area contributed by atoms with Crippen LogP contribution in [0.5, 0.6) is 0 Å². The maximum absolute atomic E-state index is 5.26. The maximum atomic E-state index is 5.26. The first-order valence-corrected chi connectivity index (χ1v) is 7.01. The third-order valence-corrected chi connectivity index (χ3v) is 4.28. The smallest absolute Gasteiger partial charge is 0.0479 e. The molecule has 0 heterocycles. The van der Waals surface area contributed by atoms with Gasteiger partial charge in [-0.1, -0.05) is 25.7 Å². The molecule has 2 aliphatic carbocycles. The Labute approximate surface area is 100 Å². The Morgan fingerprint density at radius 3 is 2.56 bits per heavy atom. The van der Waals surface area contributed by atoms with Crippen molar-refractivity contribution in [1.82, 2.24) is 5.32 Å². The van der Waals surface area contributed by atoms with Crippen LogP contribution in [0, 0.1) is 5.92 Å². The van der Waals surface area contributed by atoms with E-state index in [-0.39, 0.29) is 0 Å². The van der Waals surface area contributed by atoms with Crippen LogP contribution in [0.15, 0.2) is 0 Å². The normalized spacial score (nSPS) is 25.9. The molecule has 2 saturated carbocycles. The van der Waals surface area contributed by atoms with E-state index in [0.717, 1.165) is 12.5 Å². The molecule has 0 spiro atoms. The second-order valence-electron chi connectivity index (χ2n) is 5.95. The summed E-state index contributed by atoms with van der Waals surface area (Å²) < 4.78 is 5.26. The van der Waals surface area contributed by atoms with Gasteiger partial charge in [-0.15, -0.1) is 0 Å². The Kier molecular flexibility index (Phi) is 4.26. The summed E-state index contributed by atoms with van der Waals surface area (Å²) in [5.41, 5.74) is 0.407. The van der Waals surface area contributed by atoms with Crippen LogP contribution in [-0.2, 0) is 4.74 Å². The number of nitrogens with one attached hydrogen (secondary N) is 1. The molecule has 1 atom stereocenters. The van der Waals surface area contributed by atoms with Gasteiger partial charge in [0, 0.05) is 25.3 Å². The average Bonchev–Trinajstić information content (AvgIpc) is 2.94. The molecule has 94 valence electrons. The van der Waals surface area contributed by atoms with Crippen LogP contribution in [0.3, 0.4) is 0 Å². The van der Waals surface area contributed by atoms with Gasteiger partial charge in [0.2, 0.25) is 0 Å². The molecule has 2 nitrogen and oxygen atoms in total. The van der Waals surface area contributed by atoms with E-state index >= 15 is 0 Å². The number of methoxy groups -OCH3 is 1. The highest BCUT2D eigenvalue weighted by atomic mass is 16.5. The van der Waals surface area contributed by atoms with Crippen molar-refractivity contribution >= 4 is 0 Å². The minimum atomic E-state index is 0.407. The topological polar surface area (TPSA) is 21.3 Å². The Balaban J connectivity index is 1.80. The van der Waals surface area contributed by atoms with Gasteiger partial charge in [-0.05, 0) is 38.5 Å². The van der Waals surface area contributed by atoms with Crippen LogP contribution in [0.4, 0.5) is 0 Å². The molecule has 0 aromatic heterocycles. The molecular formula is C14H27NO. The fourth-order valence-corrected chi connectivity index (χ4v) is 3.25. The molecule has 16 heavy (non-hydrogen) atoms. The Bertz CT molecular complexity index is 207. The molecule has 0 aromatic rings. The van der Waals surface area contributed by atoms with Crippen molar-refractivity contribution in [3.63, 3.8) is 0 Å². The number of rotatable bonds is 7. The lowest BCUT2D eigenvalue weighted by Gasteiger charge is -2.34. The average molecular weight is 225 g/mol. The molecular weight excluding hydrogens is 198 g/mol. The maximum Gasteiger partial charge on any atom is 0.0479 e. The highest BCUT2D eigenvalue weighted by molar-refractivity contribution is 4.95. The fraction of sp³-hybridized carbons (Fsp3) is 1.00. The van der Waals surface area contributed by atoms with Gasteiger partial charge >= 0.3 is 0 Å². The summed E-state index contributed by atoms with van der Waals surface area (Å²) in [4.78, 5) is 0. The third kappa shape index (κ3) is 3.46. The van der Waals surface area contributed by atoms with E-state index in [1.165, 1.54) is 51.4 Å². The van der Waals surface area contributed by atoms with Gasteiger partial charge in [-0.2, -0.15) is 0 Å². The zero-order valence-electron chi connectivity index (χ0n) is 10.9. The molecule has 0 aromatic carbocycles. The van der Waals surface area contributed by atoms with Crippen LogP contribution >= 0.6 is 0 Å². The van der Waals surface area contributed by atoms with Crippen molar-refractivity contribution in [1.29, 1.82) is 0 Å². The van der Waals surface area contributed by atoms with E-state index in [1.807, 2.05) is 7.11 Å². The van der Waals surface area contributed by atoms with Crippen molar-refractivity contribution in [2.75, 3.05) is 13.7 Å². The highest BCUT2D eigenvalue weighted by Gasteiger charge is 2.35. The van der Waals surface area contributed by atoms with Crippen molar-refractivity contribution < 1.29 is 4.74 Å². The van der Waals surface area contributed by atoms with Crippen molar-refractivity contribution in [2.24, 2.45) is 5.92 Å². The van der Waals surface area contributed by atoms with Gasteiger partial charge in [0.05, 0.1) is 0 Å². The number of hydrogen-bond acceptors (Lipinski definition) is 2. The highest BCUT2D eigenvalue weighted by Crippen LogP contribution is 2.36. The van der Waals surface area contributed by atoms with Crippen LogP contribution in [-0.4, -0.2) is 25.3 Å². The molecule has 0 amide bonds. The molecule has 2 heteroatoms. The van der Waals surface area contributed by atoms with Crippen molar-refractivity contribution in [2.45, 2.75) is 69.9 Å². The molecule has 1 N–H and O–H groups in total. The predicted octanol–water partition coefficient (Wildman–Crippen LogP) is 3.11. The standard InChI is InChI=1S/C14H27NO/c1-12(11-13-5-6-13)15-14(9-10-16-2)7-3-4-8-14/h12-13,15H,3-11H2,1-2H3. The zero-order valence-corrected chi connectivity index (χ0v) is 10.9. The van der Waals surface area contributed by atoms with Crippen molar-refractivity contribution in [3.05, 3.63) is 0 Å². The van der Waals surface area contributed by atoms with Crippen LogP contribution in [0.2, 0.25) is 0 Å². The molecule has 0 aliphatic heterocycles. The number of hydrogen-bond donors (Lipinski definition) is 1. The van der Waals surface area contributed by atoms with E-state index in [2.05, 4.69) is 12.2 Å². The van der Waals surface area contributed by atoms with Gasteiger partial charge in [-0.25, -0.2) is 0 Å². The fourth-order valence-electron chi connectivity index (χ4n) is 3.25. The largest absolute Gasteiger partial charge is 0.385 e. The quantitative estimate of drug-likeness (QED) is 0.719. The van der Waals surface area contributed by atoms with Gasteiger partial charge in [0.15, 0.2) is 0 Å². The Morgan fingerprint density at radius 1 is 1.31 bits per heavy atom. The second kappa shape index (κ2) is 5.50. The first-order valence-electron chi connectivity index (χ1n) is 7.01. The minimum Gasteiger partial charge on any atom is -0.385 e. The molecule has 2 aliphatic rings. The van der Waals surface area contributed by atoms with E-state index in [4.69, 9.17) is 4.74 Å². The Morgan fingerprint density at radius 2 is 2.00 bits per heavy atom. The van der Waals surface area contributed by atoms with E-state index in [0.29, 0.717) is 11.6 Å². The summed E-state index contributed by atoms with van der Waals surface area (Å²) in [7, 11) is 1.82. The SMILES string of the molecule is COCCC1(NC(C)CC2CC2)CCCC1. The van der Waals surface area contributed by atoms with E-state index in [9.17, 15) is 0 Å². The van der Waals surface area contributed by atoms with Crippen LogP contribution in [0.25, 0.3) is 0 Å².